The first-order valence-electron chi connectivity index (χ1n) is 4.94. The highest BCUT2D eigenvalue weighted by molar-refractivity contribution is 4.91. The van der Waals surface area contributed by atoms with E-state index in [2.05, 4.69) is 10.1 Å². The third kappa shape index (κ3) is 3.49. The van der Waals surface area contributed by atoms with E-state index in [-0.39, 0.29) is 18.4 Å². The maximum absolute atomic E-state index is 12.0. The molecule has 5 nitrogen and oxygen atoms in total. The lowest BCUT2D eigenvalue weighted by Crippen LogP contribution is -2.20. The molecular weight excluding hydrogens is 222 g/mol. The van der Waals surface area contributed by atoms with Gasteiger partial charge in [-0.15, -0.1) is 0 Å². The molecule has 0 bridgehead atoms. The van der Waals surface area contributed by atoms with Gasteiger partial charge in [0.25, 0.3) is 6.43 Å². The van der Waals surface area contributed by atoms with Crippen LogP contribution in [0.2, 0.25) is 0 Å². The van der Waals surface area contributed by atoms with Crippen molar-refractivity contribution < 1.29 is 23.1 Å². The first kappa shape index (κ1) is 13.0. The maximum Gasteiger partial charge on any atom is 0.264 e. The number of hydrogen-bond donors (Lipinski definition) is 1. The van der Waals surface area contributed by atoms with E-state index < -0.39 is 12.5 Å². The fourth-order valence-electron chi connectivity index (χ4n) is 1.11. The van der Waals surface area contributed by atoms with E-state index in [9.17, 15) is 8.78 Å². The van der Waals surface area contributed by atoms with Gasteiger partial charge in [0.05, 0.1) is 6.42 Å². The zero-order chi connectivity index (χ0) is 12.1. The Bertz CT molecular complexity index is 319. The summed E-state index contributed by atoms with van der Waals surface area (Å²) >= 11 is 0. The molecule has 0 spiro atoms. The number of aliphatic hydroxyl groups excluding tert-OH is 1. The van der Waals surface area contributed by atoms with Gasteiger partial charge in [0.15, 0.2) is 5.82 Å². The number of halogens is 2. The van der Waals surface area contributed by atoms with Crippen molar-refractivity contribution in [3.05, 3.63) is 11.7 Å². The minimum Gasteiger partial charge on any atom is -0.387 e. The molecule has 16 heavy (non-hydrogen) atoms. The van der Waals surface area contributed by atoms with Gasteiger partial charge in [-0.3, -0.25) is 0 Å². The van der Waals surface area contributed by atoms with Gasteiger partial charge in [-0.2, -0.15) is 4.98 Å². The van der Waals surface area contributed by atoms with Crippen molar-refractivity contribution >= 4 is 0 Å². The van der Waals surface area contributed by atoms with Crippen molar-refractivity contribution in [1.82, 2.24) is 10.1 Å². The summed E-state index contributed by atoms with van der Waals surface area (Å²) in [6, 6.07) is 0. The molecule has 0 fully saturated rings. The second-order valence-electron chi connectivity index (χ2n) is 3.25. The topological polar surface area (TPSA) is 68.4 Å². The molecule has 0 aliphatic carbocycles. The van der Waals surface area contributed by atoms with E-state index in [1.165, 1.54) is 0 Å². The molecule has 2 atom stereocenters. The van der Waals surface area contributed by atoms with Crippen molar-refractivity contribution in [2.75, 3.05) is 6.61 Å². The fraction of sp³-hybridized carbons (Fsp3) is 0.778. The molecule has 1 aromatic rings. The summed E-state index contributed by atoms with van der Waals surface area (Å²) in [5, 5.41) is 12.5. The van der Waals surface area contributed by atoms with Crippen molar-refractivity contribution in [2.45, 2.75) is 38.9 Å². The number of rotatable bonds is 6. The highest BCUT2D eigenvalue weighted by Crippen LogP contribution is 2.14. The Balaban J connectivity index is 2.57. The molecule has 1 rings (SSSR count). The largest absolute Gasteiger partial charge is 0.387 e. The van der Waals surface area contributed by atoms with Gasteiger partial charge in [0, 0.05) is 6.61 Å². The van der Waals surface area contributed by atoms with E-state index in [0.717, 1.165) is 0 Å². The summed E-state index contributed by atoms with van der Waals surface area (Å²) in [6.07, 6.45) is -5.31. The van der Waals surface area contributed by atoms with Crippen LogP contribution >= 0.6 is 0 Å². The Morgan fingerprint density at radius 3 is 2.75 bits per heavy atom. The Labute approximate surface area is 91.4 Å². The minimum absolute atomic E-state index is 0.0191. The van der Waals surface area contributed by atoms with E-state index in [1.807, 2.05) is 6.92 Å². The first-order chi connectivity index (χ1) is 7.54. The molecule has 92 valence electrons. The molecule has 0 radical (unpaired) electrons. The first-order valence-corrected chi connectivity index (χ1v) is 4.94. The van der Waals surface area contributed by atoms with Crippen LogP contribution in [0.5, 0.6) is 0 Å². The minimum atomic E-state index is -2.82. The third-order valence-electron chi connectivity index (χ3n) is 1.94. The van der Waals surface area contributed by atoms with Crippen LogP contribution in [-0.2, 0) is 11.2 Å². The van der Waals surface area contributed by atoms with Crippen molar-refractivity contribution in [3.8, 4) is 0 Å². The monoisotopic (exact) mass is 236 g/mol. The van der Waals surface area contributed by atoms with Crippen molar-refractivity contribution in [2.24, 2.45) is 0 Å². The highest BCUT2D eigenvalue weighted by atomic mass is 19.3. The van der Waals surface area contributed by atoms with Gasteiger partial charge >= 0.3 is 0 Å². The van der Waals surface area contributed by atoms with E-state index >= 15 is 0 Å². The predicted molar refractivity (Wildman–Crippen MR) is 50.1 cm³/mol. The maximum atomic E-state index is 12.0. The normalized spacial score (nSPS) is 15.4. The van der Waals surface area contributed by atoms with Crippen LogP contribution in [-0.4, -0.2) is 34.4 Å². The van der Waals surface area contributed by atoms with Gasteiger partial charge in [0.1, 0.15) is 12.2 Å². The summed E-state index contributed by atoms with van der Waals surface area (Å²) < 4.78 is 34.0. The van der Waals surface area contributed by atoms with E-state index in [4.69, 9.17) is 14.4 Å². The lowest BCUT2D eigenvalue weighted by Gasteiger charge is -2.05. The molecule has 1 heterocycles. The van der Waals surface area contributed by atoms with Crippen LogP contribution in [0.25, 0.3) is 0 Å². The predicted octanol–water partition coefficient (Wildman–Crippen LogP) is 1.34. The van der Waals surface area contributed by atoms with Gasteiger partial charge < -0.3 is 14.4 Å². The van der Waals surface area contributed by atoms with Crippen molar-refractivity contribution in [1.29, 1.82) is 0 Å². The molecule has 2 unspecified atom stereocenters. The number of aromatic nitrogens is 2. The Hall–Kier alpha value is -1.08. The van der Waals surface area contributed by atoms with Crippen LogP contribution in [0.1, 0.15) is 31.7 Å². The zero-order valence-electron chi connectivity index (χ0n) is 9.06. The molecule has 0 aliphatic heterocycles. The Kier molecular flexibility index (Phi) is 4.75. The summed E-state index contributed by atoms with van der Waals surface area (Å²) in [5.74, 6) is 0.271. The van der Waals surface area contributed by atoms with Crippen molar-refractivity contribution in [3.63, 3.8) is 0 Å². The van der Waals surface area contributed by atoms with Gasteiger partial charge in [-0.25, -0.2) is 8.78 Å². The zero-order valence-corrected chi connectivity index (χ0v) is 9.06. The highest BCUT2D eigenvalue weighted by Gasteiger charge is 2.21. The molecule has 0 saturated carbocycles. The number of alkyl halides is 2. The number of nitrogens with zero attached hydrogens (tertiary/aromatic N) is 2. The lowest BCUT2D eigenvalue weighted by molar-refractivity contribution is -0.00754. The lowest BCUT2D eigenvalue weighted by atomic mass is 10.2. The summed E-state index contributed by atoms with van der Waals surface area (Å²) in [7, 11) is 0. The average Bonchev–Trinajstić information content (AvgIpc) is 2.66. The van der Waals surface area contributed by atoms with E-state index in [1.54, 1.807) is 6.92 Å². The Morgan fingerprint density at radius 1 is 1.50 bits per heavy atom. The molecule has 7 heteroatoms. The number of ether oxygens (including phenoxy) is 1. The molecular formula is C9H14F2N2O3. The molecule has 0 aliphatic rings. The van der Waals surface area contributed by atoms with Gasteiger partial charge in [-0.1, -0.05) is 5.16 Å². The molecule has 1 aromatic heterocycles. The summed E-state index contributed by atoms with van der Waals surface area (Å²) in [5.41, 5.74) is 0. The molecule has 0 saturated heterocycles. The van der Waals surface area contributed by atoms with Gasteiger partial charge in [0.2, 0.25) is 5.89 Å². The summed E-state index contributed by atoms with van der Waals surface area (Å²) in [4.78, 5) is 3.86. The van der Waals surface area contributed by atoms with Crippen LogP contribution in [0.3, 0.4) is 0 Å². The van der Waals surface area contributed by atoms with Crippen LogP contribution in [0.15, 0.2) is 4.52 Å². The fourth-order valence-corrected chi connectivity index (χ4v) is 1.11. The smallest absolute Gasteiger partial charge is 0.264 e. The second-order valence-corrected chi connectivity index (χ2v) is 3.25. The van der Waals surface area contributed by atoms with Crippen LogP contribution < -0.4 is 0 Å². The number of hydrogen-bond acceptors (Lipinski definition) is 5. The third-order valence-corrected chi connectivity index (χ3v) is 1.94. The summed E-state index contributed by atoms with van der Waals surface area (Å²) in [6.45, 7) is 4.03. The molecule has 0 aromatic carbocycles. The SMILES string of the molecule is CCOC(C)c1noc(CC(O)C(F)F)n1. The van der Waals surface area contributed by atoms with Gasteiger partial charge in [-0.05, 0) is 13.8 Å². The quantitative estimate of drug-likeness (QED) is 0.807. The second kappa shape index (κ2) is 5.86. The van der Waals surface area contributed by atoms with Crippen LogP contribution in [0, 0.1) is 0 Å². The van der Waals surface area contributed by atoms with Crippen LogP contribution in [0.4, 0.5) is 8.78 Å². The Morgan fingerprint density at radius 2 is 2.19 bits per heavy atom. The molecule has 0 amide bonds. The average molecular weight is 236 g/mol. The standard InChI is InChI=1S/C9H14F2N2O3/c1-3-15-5(2)9-12-7(16-13-9)4-6(14)8(10)11/h5-6,8,14H,3-4H2,1-2H3. The number of aliphatic hydroxyl groups is 1. The molecule has 1 N–H and O–H groups in total. The van der Waals surface area contributed by atoms with E-state index in [0.29, 0.717) is 12.4 Å².